The van der Waals surface area contributed by atoms with E-state index in [4.69, 9.17) is 9.47 Å². The van der Waals surface area contributed by atoms with Crippen LogP contribution in [0.1, 0.15) is 65.7 Å². The van der Waals surface area contributed by atoms with Gasteiger partial charge in [-0.25, -0.2) is 4.39 Å². The number of hydrogen-bond donors (Lipinski definition) is 1. The van der Waals surface area contributed by atoms with E-state index in [1.165, 1.54) is 6.07 Å². The van der Waals surface area contributed by atoms with Crippen molar-refractivity contribution in [1.82, 2.24) is 0 Å². The predicted octanol–water partition coefficient (Wildman–Crippen LogP) is 6.58. The molecule has 0 radical (unpaired) electrons. The minimum Gasteiger partial charge on any atom is -0.468 e. The quantitative estimate of drug-likeness (QED) is 0.306. The number of fused-ring (bicyclic) bond motifs is 1. The van der Waals surface area contributed by atoms with Crippen LogP contribution in [0.15, 0.2) is 24.3 Å². The molecule has 0 aromatic heterocycles. The topological polar surface area (TPSA) is 38.7 Å². The van der Waals surface area contributed by atoms with Gasteiger partial charge in [-0.1, -0.05) is 53.5 Å². The third kappa shape index (κ3) is 4.72. The molecular formula is C25H35FO3Si. The molecule has 1 N–H and O–H groups in total. The lowest BCUT2D eigenvalue weighted by atomic mass is 9.96. The minimum absolute atomic E-state index is 0.101. The summed E-state index contributed by atoms with van der Waals surface area (Å²) in [5, 5.41) is 11.9. The summed E-state index contributed by atoms with van der Waals surface area (Å²) in [4.78, 5) is 0. The van der Waals surface area contributed by atoms with Gasteiger partial charge >= 0.3 is 0 Å². The number of halogens is 1. The number of ether oxygens (including phenoxy) is 2. The maximum Gasteiger partial charge on any atom is 0.188 e. The lowest BCUT2D eigenvalue weighted by Crippen LogP contribution is -2.43. The molecule has 1 atom stereocenters. The van der Waals surface area contributed by atoms with Crippen LogP contribution in [0.5, 0.6) is 5.75 Å². The normalized spacial score (nSPS) is 13.1. The van der Waals surface area contributed by atoms with E-state index >= 15 is 4.39 Å². The van der Waals surface area contributed by atoms with E-state index < -0.39 is 14.2 Å². The fourth-order valence-corrected chi connectivity index (χ4v) is 9.92. The Kier molecular flexibility index (Phi) is 8.10. The maximum atomic E-state index is 15.0. The van der Waals surface area contributed by atoms with E-state index in [1.807, 2.05) is 6.07 Å². The number of hydrogen-bond acceptors (Lipinski definition) is 3. The Morgan fingerprint density at radius 2 is 1.60 bits per heavy atom. The summed E-state index contributed by atoms with van der Waals surface area (Å²) >= 11 is 0. The summed E-state index contributed by atoms with van der Waals surface area (Å²) in [5.41, 5.74) is 5.93. The van der Waals surface area contributed by atoms with Gasteiger partial charge in [0.05, 0.1) is 11.7 Å². The van der Waals surface area contributed by atoms with Crippen LogP contribution in [-0.2, 0) is 4.74 Å². The fourth-order valence-electron chi connectivity index (χ4n) is 4.71. The molecule has 30 heavy (non-hydrogen) atoms. The van der Waals surface area contributed by atoms with Crippen LogP contribution in [0.2, 0.25) is 16.6 Å². The zero-order valence-corrected chi connectivity index (χ0v) is 20.5. The van der Waals surface area contributed by atoms with Crippen molar-refractivity contribution in [1.29, 1.82) is 0 Å². The standard InChI is InChI=1S/C25H35FO3Si/c1-16(2)30(17(3)4,18(5)6)12-11-22-24(26)10-9-20-13-21(29-15-28-8)14-23(19(7)27)25(20)22/h9-10,13-14,16-19,27H,15H2,1-8H3. The summed E-state index contributed by atoms with van der Waals surface area (Å²) in [6.07, 6.45) is -0.789. The van der Waals surface area contributed by atoms with Gasteiger partial charge in [-0.05, 0) is 52.7 Å². The fraction of sp³-hybridized carbons (Fsp3) is 0.520. The molecule has 0 aliphatic rings. The molecule has 0 spiro atoms. The smallest absolute Gasteiger partial charge is 0.188 e. The van der Waals surface area contributed by atoms with Crippen molar-refractivity contribution in [2.75, 3.05) is 13.9 Å². The lowest BCUT2D eigenvalue weighted by molar-refractivity contribution is 0.0510. The van der Waals surface area contributed by atoms with Crippen LogP contribution in [0.4, 0.5) is 4.39 Å². The summed E-state index contributed by atoms with van der Waals surface area (Å²) in [6.45, 7) is 15.2. The van der Waals surface area contributed by atoms with Gasteiger partial charge in [0, 0.05) is 12.5 Å². The molecule has 3 nitrogen and oxygen atoms in total. The number of methoxy groups -OCH3 is 1. The Morgan fingerprint density at radius 3 is 2.10 bits per heavy atom. The Labute approximate surface area is 181 Å². The first-order chi connectivity index (χ1) is 14.1. The summed E-state index contributed by atoms with van der Waals surface area (Å²) in [7, 11) is -0.476. The van der Waals surface area contributed by atoms with Crippen molar-refractivity contribution in [3.63, 3.8) is 0 Å². The molecule has 0 saturated heterocycles. The van der Waals surface area contributed by atoms with Gasteiger partial charge in [0.25, 0.3) is 0 Å². The van der Waals surface area contributed by atoms with Gasteiger partial charge in [0.15, 0.2) is 6.79 Å². The Bertz CT molecular complexity index is 917. The predicted molar refractivity (Wildman–Crippen MR) is 125 cm³/mol. The number of aliphatic hydroxyl groups is 1. The Balaban J connectivity index is 2.80. The molecule has 1 unspecified atom stereocenters. The van der Waals surface area contributed by atoms with Crippen molar-refractivity contribution in [2.24, 2.45) is 0 Å². The molecule has 2 rings (SSSR count). The zero-order valence-electron chi connectivity index (χ0n) is 19.5. The summed E-state index contributed by atoms with van der Waals surface area (Å²) in [6, 6.07) is 6.73. The maximum absolute atomic E-state index is 15.0. The van der Waals surface area contributed by atoms with Crippen molar-refractivity contribution in [3.05, 3.63) is 41.2 Å². The highest BCUT2D eigenvalue weighted by molar-refractivity contribution is 6.90. The summed E-state index contributed by atoms with van der Waals surface area (Å²) < 4.78 is 25.6. The van der Waals surface area contributed by atoms with Crippen molar-refractivity contribution in [2.45, 2.75) is 71.2 Å². The molecule has 0 bridgehead atoms. The molecule has 0 heterocycles. The number of rotatable bonds is 7. The third-order valence-corrected chi connectivity index (χ3v) is 12.4. The first-order valence-corrected chi connectivity index (χ1v) is 12.9. The van der Waals surface area contributed by atoms with Gasteiger partial charge < -0.3 is 14.6 Å². The monoisotopic (exact) mass is 430 g/mol. The highest BCUT2D eigenvalue weighted by atomic mass is 28.3. The highest BCUT2D eigenvalue weighted by Crippen LogP contribution is 2.41. The zero-order chi connectivity index (χ0) is 22.6. The lowest BCUT2D eigenvalue weighted by Gasteiger charge is -2.38. The third-order valence-electron chi connectivity index (χ3n) is 6.13. The molecule has 5 heteroatoms. The van der Waals surface area contributed by atoms with E-state index in [9.17, 15) is 5.11 Å². The van der Waals surface area contributed by atoms with E-state index in [0.717, 1.165) is 5.39 Å². The Hall–Kier alpha value is -1.87. The van der Waals surface area contributed by atoms with Crippen LogP contribution in [0, 0.1) is 17.3 Å². The van der Waals surface area contributed by atoms with Crippen LogP contribution in [-0.4, -0.2) is 27.1 Å². The molecule has 0 fully saturated rings. The number of aliphatic hydroxyl groups excluding tert-OH is 1. The van der Waals surface area contributed by atoms with E-state index in [-0.39, 0.29) is 12.6 Å². The van der Waals surface area contributed by atoms with Gasteiger partial charge in [-0.3, -0.25) is 0 Å². The van der Waals surface area contributed by atoms with Crippen LogP contribution >= 0.6 is 0 Å². The van der Waals surface area contributed by atoms with Crippen molar-refractivity contribution < 1.29 is 19.0 Å². The molecule has 164 valence electrons. The Morgan fingerprint density at radius 1 is 1.00 bits per heavy atom. The van der Waals surface area contributed by atoms with Crippen LogP contribution in [0.3, 0.4) is 0 Å². The second-order valence-corrected chi connectivity index (χ2v) is 14.5. The van der Waals surface area contributed by atoms with E-state index in [0.29, 0.717) is 38.9 Å². The molecule has 2 aromatic carbocycles. The molecule has 0 aliphatic carbocycles. The molecular weight excluding hydrogens is 395 g/mol. The molecule has 0 saturated carbocycles. The highest BCUT2D eigenvalue weighted by Gasteiger charge is 2.41. The van der Waals surface area contributed by atoms with Crippen LogP contribution in [0.25, 0.3) is 10.8 Å². The second kappa shape index (κ2) is 9.96. The number of benzene rings is 2. The second-order valence-electron chi connectivity index (χ2n) is 8.91. The van der Waals surface area contributed by atoms with Crippen molar-refractivity contribution in [3.8, 4) is 17.2 Å². The summed E-state index contributed by atoms with van der Waals surface area (Å²) in [5.74, 6) is 3.47. The average Bonchev–Trinajstić information content (AvgIpc) is 2.66. The van der Waals surface area contributed by atoms with Crippen LogP contribution < -0.4 is 4.74 Å². The van der Waals surface area contributed by atoms with Gasteiger partial charge in [-0.2, -0.15) is 0 Å². The van der Waals surface area contributed by atoms with Gasteiger partial charge in [0.1, 0.15) is 19.6 Å². The first kappa shape index (κ1) is 24.4. The SMILES string of the molecule is COCOc1cc(C(C)O)c2c(C#C[Si](C(C)C)(C(C)C)C(C)C)c(F)ccc2c1. The molecule has 2 aromatic rings. The first-order valence-electron chi connectivity index (χ1n) is 10.6. The van der Waals surface area contributed by atoms with E-state index in [2.05, 4.69) is 53.0 Å². The largest absolute Gasteiger partial charge is 0.468 e. The molecule has 0 amide bonds. The van der Waals surface area contributed by atoms with E-state index in [1.54, 1.807) is 26.2 Å². The van der Waals surface area contributed by atoms with Gasteiger partial charge in [-0.15, -0.1) is 5.54 Å². The minimum atomic E-state index is -2.03. The van der Waals surface area contributed by atoms with Gasteiger partial charge in [0.2, 0.25) is 0 Å². The average molecular weight is 431 g/mol. The van der Waals surface area contributed by atoms with Crippen molar-refractivity contribution >= 4 is 18.8 Å². The molecule has 0 aliphatic heterocycles.